The first kappa shape index (κ1) is 16.1. The van der Waals surface area contributed by atoms with Gasteiger partial charge in [-0.3, -0.25) is 4.79 Å². The Labute approximate surface area is 116 Å². The molecule has 1 aromatic rings. The summed E-state index contributed by atoms with van der Waals surface area (Å²) in [5, 5.41) is 0. The van der Waals surface area contributed by atoms with E-state index in [1.165, 1.54) is 29.0 Å². The van der Waals surface area contributed by atoms with Gasteiger partial charge in [0.25, 0.3) is 5.91 Å². The summed E-state index contributed by atoms with van der Waals surface area (Å²) in [6, 6.07) is 4.59. The topological polar surface area (TPSA) is 49.6 Å². The number of halogens is 3. The van der Waals surface area contributed by atoms with Gasteiger partial charge in [0.2, 0.25) is 0 Å². The highest BCUT2D eigenvalue weighted by Crippen LogP contribution is 2.26. The maximum absolute atomic E-state index is 12.2. The van der Waals surface area contributed by atoms with Gasteiger partial charge in [0, 0.05) is 33.3 Å². The average Bonchev–Trinajstić information content (AvgIpc) is 2.34. The van der Waals surface area contributed by atoms with Crippen LogP contribution in [0.4, 0.5) is 24.5 Å². The van der Waals surface area contributed by atoms with E-state index in [0.29, 0.717) is 16.9 Å². The van der Waals surface area contributed by atoms with Gasteiger partial charge in [-0.2, -0.15) is 13.2 Å². The van der Waals surface area contributed by atoms with Crippen molar-refractivity contribution in [2.24, 2.45) is 0 Å². The molecule has 0 aromatic heterocycles. The third-order valence-electron chi connectivity index (χ3n) is 2.83. The number of benzene rings is 1. The number of carbonyl (C=O) groups is 1. The molecule has 0 saturated heterocycles. The smallest absolute Gasteiger partial charge is 0.390 e. The molecule has 0 aliphatic rings. The van der Waals surface area contributed by atoms with Crippen LogP contribution in [0.15, 0.2) is 18.2 Å². The molecular weight excluding hydrogens is 271 g/mol. The number of anilines is 2. The third-order valence-corrected chi connectivity index (χ3v) is 2.83. The van der Waals surface area contributed by atoms with Gasteiger partial charge >= 0.3 is 6.18 Å². The van der Waals surface area contributed by atoms with Crippen molar-refractivity contribution < 1.29 is 18.0 Å². The molecule has 0 aliphatic heterocycles. The summed E-state index contributed by atoms with van der Waals surface area (Å²) in [5.41, 5.74) is 6.90. The summed E-state index contributed by atoms with van der Waals surface area (Å²) in [7, 11) is 4.72. The molecule has 0 saturated carbocycles. The fourth-order valence-corrected chi connectivity index (χ4v) is 1.68. The van der Waals surface area contributed by atoms with E-state index < -0.39 is 12.6 Å². The van der Waals surface area contributed by atoms with Crippen LogP contribution in [0.3, 0.4) is 0 Å². The summed E-state index contributed by atoms with van der Waals surface area (Å²) in [5.74, 6) is -0.226. The maximum Gasteiger partial charge on any atom is 0.390 e. The Morgan fingerprint density at radius 2 is 1.85 bits per heavy atom. The zero-order valence-corrected chi connectivity index (χ0v) is 11.7. The Morgan fingerprint density at radius 3 is 2.35 bits per heavy atom. The minimum atomic E-state index is -4.22. The number of nitrogens with zero attached hydrogens (tertiary/aromatic N) is 2. The van der Waals surface area contributed by atoms with Gasteiger partial charge < -0.3 is 15.5 Å². The molecule has 0 atom stereocenters. The number of amides is 1. The van der Waals surface area contributed by atoms with Crippen LogP contribution in [0.25, 0.3) is 0 Å². The molecule has 0 aliphatic carbocycles. The predicted molar refractivity (Wildman–Crippen MR) is 72.8 cm³/mol. The average molecular weight is 289 g/mol. The minimum Gasteiger partial charge on any atom is -0.397 e. The van der Waals surface area contributed by atoms with E-state index in [1.54, 1.807) is 20.2 Å². The highest BCUT2D eigenvalue weighted by Gasteiger charge is 2.27. The van der Waals surface area contributed by atoms with Crippen LogP contribution in [0.5, 0.6) is 0 Å². The van der Waals surface area contributed by atoms with E-state index in [-0.39, 0.29) is 12.5 Å². The molecule has 20 heavy (non-hydrogen) atoms. The van der Waals surface area contributed by atoms with E-state index >= 15 is 0 Å². The lowest BCUT2D eigenvalue weighted by molar-refractivity contribution is -0.132. The van der Waals surface area contributed by atoms with Gasteiger partial charge in [0.05, 0.1) is 17.8 Å². The van der Waals surface area contributed by atoms with Crippen molar-refractivity contribution in [3.63, 3.8) is 0 Å². The summed E-state index contributed by atoms with van der Waals surface area (Å²) in [6.07, 6.45) is -5.16. The Kier molecular flexibility index (Phi) is 4.86. The van der Waals surface area contributed by atoms with E-state index in [4.69, 9.17) is 5.73 Å². The fourth-order valence-electron chi connectivity index (χ4n) is 1.68. The maximum atomic E-state index is 12.2. The van der Waals surface area contributed by atoms with Gasteiger partial charge in [-0.15, -0.1) is 0 Å². The number of nitrogen functional groups attached to an aromatic ring is 1. The van der Waals surface area contributed by atoms with E-state index in [1.807, 2.05) is 0 Å². The lowest BCUT2D eigenvalue weighted by atomic mass is 10.1. The van der Waals surface area contributed by atoms with Crippen molar-refractivity contribution in [3.05, 3.63) is 23.8 Å². The Balaban J connectivity index is 2.94. The molecule has 1 amide bonds. The molecule has 0 radical (unpaired) electrons. The van der Waals surface area contributed by atoms with Crippen molar-refractivity contribution in [2.45, 2.75) is 12.6 Å². The van der Waals surface area contributed by atoms with Gasteiger partial charge in [-0.05, 0) is 18.2 Å². The number of nitrogens with two attached hydrogens (primary N) is 1. The lowest BCUT2D eigenvalue weighted by Gasteiger charge is -2.23. The molecule has 2 N–H and O–H groups in total. The van der Waals surface area contributed by atoms with Crippen LogP contribution in [0.2, 0.25) is 0 Å². The first-order chi connectivity index (χ1) is 9.11. The van der Waals surface area contributed by atoms with Crippen LogP contribution in [-0.4, -0.2) is 44.7 Å². The molecule has 1 aromatic carbocycles. The van der Waals surface area contributed by atoms with E-state index in [9.17, 15) is 18.0 Å². The quantitative estimate of drug-likeness (QED) is 0.866. The van der Waals surface area contributed by atoms with Crippen LogP contribution in [0, 0.1) is 0 Å². The van der Waals surface area contributed by atoms with E-state index in [0.717, 1.165) is 0 Å². The summed E-state index contributed by atoms with van der Waals surface area (Å²) >= 11 is 0. The monoisotopic (exact) mass is 289 g/mol. The molecule has 1 rings (SSSR count). The van der Waals surface area contributed by atoms with Crippen molar-refractivity contribution in [1.29, 1.82) is 0 Å². The first-order valence-electron chi connectivity index (χ1n) is 6.01. The predicted octanol–water partition coefficient (Wildman–Crippen LogP) is 2.36. The number of hydrogen-bond donors (Lipinski definition) is 1. The molecular formula is C13H18F3N3O. The lowest BCUT2D eigenvalue weighted by Crippen LogP contribution is -2.26. The molecule has 0 fully saturated rings. The third kappa shape index (κ3) is 4.32. The van der Waals surface area contributed by atoms with Crippen LogP contribution in [-0.2, 0) is 0 Å². The van der Waals surface area contributed by atoms with Crippen molar-refractivity contribution >= 4 is 17.3 Å². The summed E-state index contributed by atoms with van der Waals surface area (Å²) in [6.45, 7) is -0.215. The fraction of sp³-hybridized carbons (Fsp3) is 0.462. The van der Waals surface area contributed by atoms with Crippen LogP contribution >= 0.6 is 0 Å². The minimum absolute atomic E-state index is 0.215. The van der Waals surface area contributed by atoms with E-state index in [2.05, 4.69) is 0 Å². The zero-order valence-electron chi connectivity index (χ0n) is 11.7. The number of carbonyl (C=O) groups excluding carboxylic acids is 1. The van der Waals surface area contributed by atoms with Gasteiger partial charge in [0.1, 0.15) is 0 Å². The molecule has 0 bridgehead atoms. The van der Waals surface area contributed by atoms with Crippen molar-refractivity contribution in [1.82, 2.24) is 4.90 Å². The highest BCUT2D eigenvalue weighted by atomic mass is 19.4. The number of hydrogen-bond acceptors (Lipinski definition) is 3. The Morgan fingerprint density at radius 1 is 1.25 bits per heavy atom. The summed E-state index contributed by atoms with van der Waals surface area (Å²) in [4.78, 5) is 14.6. The number of alkyl halides is 3. The van der Waals surface area contributed by atoms with Crippen LogP contribution in [0.1, 0.15) is 16.8 Å². The van der Waals surface area contributed by atoms with Crippen molar-refractivity contribution in [3.8, 4) is 0 Å². The largest absolute Gasteiger partial charge is 0.397 e. The second-order valence-corrected chi connectivity index (χ2v) is 4.76. The Hall–Kier alpha value is -1.92. The molecule has 0 heterocycles. The van der Waals surface area contributed by atoms with Gasteiger partial charge in [-0.1, -0.05) is 0 Å². The SMILES string of the molecule is CN(C)C(=O)c1ccc(N)c(N(C)CCC(F)(F)F)c1. The van der Waals surface area contributed by atoms with Gasteiger partial charge in [0.15, 0.2) is 0 Å². The normalized spacial score (nSPS) is 11.3. The molecule has 4 nitrogen and oxygen atoms in total. The van der Waals surface area contributed by atoms with Crippen LogP contribution < -0.4 is 10.6 Å². The molecule has 0 unspecified atom stereocenters. The Bertz CT molecular complexity index is 486. The molecule has 7 heteroatoms. The highest BCUT2D eigenvalue weighted by molar-refractivity contribution is 5.96. The standard InChI is InChI=1S/C13H18F3N3O/c1-18(2)12(20)9-4-5-10(17)11(8-9)19(3)7-6-13(14,15)16/h4-5,8H,6-7,17H2,1-3H3. The second kappa shape index (κ2) is 6.02. The molecule has 0 spiro atoms. The zero-order chi connectivity index (χ0) is 15.5. The summed E-state index contributed by atoms with van der Waals surface area (Å²) < 4.78 is 36.7. The second-order valence-electron chi connectivity index (χ2n) is 4.76. The molecule has 112 valence electrons. The first-order valence-corrected chi connectivity index (χ1v) is 6.01. The van der Waals surface area contributed by atoms with Gasteiger partial charge in [-0.25, -0.2) is 0 Å². The number of rotatable bonds is 4. The van der Waals surface area contributed by atoms with Crippen molar-refractivity contribution in [2.75, 3.05) is 38.3 Å².